The topological polar surface area (TPSA) is 49.6 Å². The first-order valence-corrected chi connectivity index (χ1v) is 7.32. The van der Waals surface area contributed by atoms with Crippen LogP contribution >= 0.6 is 0 Å². The number of nitrogens with zero attached hydrogens (tertiary/aromatic N) is 2. The fraction of sp³-hybridized carbons (Fsp3) is 0.562. The van der Waals surface area contributed by atoms with E-state index in [1.54, 1.807) is 0 Å². The summed E-state index contributed by atoms with van der Waals surface area (Å²) >= 11 is 0. The van der Waals surface area contributed by atoms with Crippen LogP contribution in [0.25, 0.3) is 0 Å². The molecule has 2 N–H and O–H groups in total. The lowest BCUT2D eigenvalue weighted by molar-refractivity contribution is 0.0516. The summed E-state index contributed by atoms with van der Waals surface area (Å²) in [6.07, 6.45) is 0. The second-order valence-electron chi connectivity index (χ2n) is 5.93. The van der Waals surface area contributed by atoms with Crippen molar-refractivity contribution in [1.29, 1.82) is 0 Å². The molecule has 1 aromatic rings. The van der Waals surface area contributed by atoms with Crippen LogP contribution in [-0.4, -0.2) is 55.0 Å². The molecule has 1 saturated heterocycles. The van der Waals surface area contributed by atoms with Crippen molar-refractivity contribution in [2.45, 2.75) is 25.8 Å². The molecule has 0 saturated carbocycles. The number of likely N-dealkylation sites (N-methyl/N-ethyl adjacent to an activating group) is 1. The van der Waals surface area contributed by atoms with E-state index in [2.05, 4.69) is 25.8 Å². The number of rotatable bonds is 3. The Balaban J connectivity index is 2.13. The summed E-state index contributed by atoms with van der Waals surface area (Å²) in [5.41, 5.74) is 7.84. The van der Waals surface area contributed by atoms with Crippen LogP contribution in [0.15, 0.2) is 24.3 Å². The molecular weight excluding hydrogens is 250 g/mol. The maximum Gasteiger partial charge on any atom is 0.254 e. The van der Waals surface area contributed by atoms with Gasteiger partial charge in [0.25, 0.3) is 5.91 Å². The molecule has 1 aliphatic rings. The van der Waals surface area contributed by atoms with Gasteiger partial charge in [-0.05, 0) is 30.7 Å². The zero-order valence-electron chi connectivity index (χ0n) is 12.7. The number of benzene rings is 1. The predicted molar refractivity (Wildman–Crippen MR) is 81.9 cm³/mol. The number of nitrogens with two attached hydrogens (primary N) is 1. The van der Waals surface area contributed by atoms with E-state index in [-0.39, 0.29) is 11.9 Å². The Kier molecular flexibility index (Phi) is 4.78. The zero-order chi connectivity index (χ0) is 14.7. The van der Waals surface area contributed by atoms with E-state index >= 15 is 0 Å². The monoisotopic (exact) mass is 275 g/mol. The number of hydrogen-bond donors (Lipinski definition) is 1. The highest BCUT2D eigenvalue weighted by Crippen LogP contribution is 2.17. The molecule has 1 fully saturated rings. The summed E-state index contributed by atoms with van der Waals surface area (Å²) < 4.78 is 0. The van der Waals surface area contributed by atoms with Crippen LogP contribution in [0.2, 0.25) is 0 Å². The predicted octanol–water partition coefficient (Wildman–Crippen LogP) is 1.52. The van der Waals surface area contributed by atoms with Crippen molar-refractivity contribution in [3.8, 4) is 0 Å². The van der Waals surface area contributed by atoms with Gasteiger partial charge in [0.1, 0.15) is 0 Å². The van der Waals surface area contributed by atoms with Gasteiger partial charge in [0, 0.05) is 31.7 Å². The highest BCUT2D eigenvalue weighted by molar-refractivity contribution is 5.94. The van der Waals surface area contributed by atoms with Gasteiger partial charge in [-0.2, -0.15) is 0 Å². The molecular formula is C16H25N3O. The smallest absolute Gasteiger partial charge is 0.254 e. The molecule has 1 unspecified atom stereocenters. The summed E-state index contributed by atoms with van der Waals surface area (Å²) in [5, 5.41) is 0. The van der Waals surface area contributed by atoms with Crippen LogP contribution in [0.5, 0.6) is 0 Å². The number of carbonyl (C=O) groups is 1. The van der Waals surface area contributed by atoms with E-state index in [1.165, 1.54) is 5.56 Å². The molecule has 4 nitrogen and oxygen atoms in total. The fourth-order valence-electron chi connectivity index (χ4n) is 2.66. The lowest BCUT2D eigenvalue weighted by atomic mass is 10.0. The quantitative estimate of drug-likeness (QED) is 0.910. The average molecular weight is 275 g/mol. The molecule has 0 bridgehead atoms. The van der Waals surface area contributed by atoms with Crippen LogP contribution in [0.4, 0.5) is 0 Å². The van der Waals surface area contributed by atoms with Crippen molar-refractivity contribution in [3.63, 3.8) is 0 Å². The standard InChI is InChI=1S/C16H25N3O/c1-12(2)13-4-6-14(7-5-13)16(20)19-9-8-18(3)11-15(19)10-17/h4-7,12,15H,8-11,17H2,1-3H3. The summed E-state index contributed by atoms with van der Waals surface area (Å²) in [7, 11) is 2.07. The molecule has 0 spiro atoms. The maximum atomic E-state index is 12.6. The second kappa shape index (κ2) is 6.37. The molecule has 4 heteroatoms. The molecule has 1 heterocycles. The van der Waals surface area contributed by atoms with E-state index in [4.69, 9.17) is 5.73 Å². The van der Waals surface area contributed by atoms with Gasteiger partial charge in [0.15, 0.2) is 0 Å². The summed E-state index contributed by atoms with van der Waals surface area (Å²) in [6.45, 7) is 7.34. The van der Waals surface area contributed by atoms with Crippen LogP contribution in [-0.2, 0) is 0 Å². The largest absolute Gasteiger partial charge is 0.332 e. The maximum absolute atomic E-state index is 12.6. The van der Waals surface area contributed by atoms with E-state index < -0.39 is 0 Å². The Hall–Kier alpha value is -1.39. The van der Waals surface area contributed by atoms with Gasteiger partial charge in [-0.15, -0.1) is 0 Å². The van der Waals surface area contributed by atoms with E-state index in [9.17, 15) is 4.79 Å². The van der Waals surface area contributed by atoms with E-state index in [0.29, 0.717) is 12.5 Å². The summed E-state index contributed by atoms with van der Waals surface area (Å²) in [4.78, 5) is 16.8. The minimum Gasteiger partial charge on any atom is -0.332 e. The van der Waals surface area contributed by atoms with Crippen molar-refractivity contribution in [2.75, 3.05) is 33.2 Å². The molecule has 0 aromatic heterocycles. The number of amides is 1. The van der Waals surface area contributed by atoms with Gasteiger partial charge in [-0.25, -0.2) is 0 Å². The molecule has 110 valence electrons. The average Bonchev–Trinajstić information content (AvgIpc) is 2.46. The van der Waals surface area contributed by atoms with Gasteiger partial charge in [-0.3, -0.25) is 4.79 Å². The van der Waals surface area contributed by atoms with Crippen LogP contribution in [0.1, 0.15) is 35.7 Å². The van der Waals surface area contributed by atoms with Crippen molar-refractivity contribution >= 4 is 5.91 Å². The first-order chi connectivity index (χ1) is 9.52. The molecule has 2 rings (SSSR count). The SMILES string of the molecule is CC(C)c1ccc(C(=O)N2CCN(C)CC2CN)cc1. The molecule has 1 aromatic carbocycles. The highest BCUT2D eigenvalue weighted by Gasteiger charge is 2.28. The van der Waals surface area contributed by atoms with Crippen molar-refractivity contribution < 1.29 is 4.79 Å². The van der Waals surface area contributed by atoms with E-state index in [0.717, 1.165) is 25.2 Å². The van der Waals surface area contributed by atoms with Gasteiger partial charge in [0.05, 0.1) is 6.04 Å². The van der Waals surface area contributed by atoms with Gasteiger partial charge in [0.2, 0.25) is 0 Å². The number of carbonyl (C=O) groups excluding carboxylic acids is 1. The third-order valence-electron chi connectivity index (χ3n) is 4.04. The molecule has 0 aliphatic carbocycles. The fourth-order valence-corrected chi connectivity index (χ4v) is 2.66. The Bertz CT molecular complexity index is 455. The lowest BCUT2D eigenvalue weighted by Crippen LogP contribution is -2.56. The number of hydrogen-bond acceptors (Lipinski definition) is 3. The Morgan fingerprint density at radius 3 is 2.50 bits per heavy atom. The number of piperazine rings is 1. The molecule has 20 heavy (non-hydrogen) atoms. The van der Waals surface area contributed by atoms with Crippen LogP contribution < -0.4 is 5.73 Å². The molecule has 1 atom stereocenters. The van der Waals surface area contributed by atoms with Crippen molar-refractivity contribution in [2.24, 2.45) is 5.73 Å². The minimum absolute atomic E-state index is 0.101. The zero-order valence-corrected chi connectivity index (χ0v) is 12.7. The summed E-state index contributed by atoms with van der Waals surface area (Å²) in [6, 6.07) is 8.08. The molecule has 0 radical (unpaired) electrons. The van der Waals surface area contributed by atoms with Crippen molar-refractivity contribution in [1.82, 2.24) is 9.80 Å². The second-order valence-corrected chi connectivity index (χ2v) is 5.93. The first-order valence-electron chi connectivity index (χ1n) is 7.32. The highest BCUT2D eigenvalue weighted by atomic mass is 16.2. The normalized spacial score (nSPS) is 20.4. The Labute approximate surface area is 121 Å². The molecule has 1 amide bonds. The first kappa shape index (κ1) is 15.0. The van der Waals surface area contributed by atoms with Crippen molar-refractivity contribution in [3.05, 3.63) is 35.4 Å². The van der Waals surface area contributed by atoms with Crippen LogP contribution in [0.3, 0.4) is 0 Å². The van der Waals surface area contributed by atoms with Crippen LogP contribution in [0, 0.1) is 0 Å². The Morgan fingerprint density at radius 1 is 1.30 bits per heavy atom. The van der Waals surface area contributed by atoms with Gasteiger partial charge < -0.3 is 15.5 Å². The summed E-state index contributed by atoms with van der Waals surface area (Å²) in [5.74, 6) is 0.587. The third-order valence-corrected chi connectivity index (χ3v) is 4.04. The van der Waals surface area contributed by atoms with E-state index in [1.807, 2.05) is 29.2 Å². The molecule has 1 aliphatic heterocycles. The van der Waals surface area contributed by atoms with Gasteiger partial charge >= 0.3 is 0 Å². The minimum atomic E-state index is 0.101. The lowest BCUT2D eigenvalue weighted by Gasteiger charge is -2.39. The Morgan fingerprint density at radius 2 is 1.95 bits per heavy atom. The third kappa shape index (κ3) is 3.19. The van der Waals surface area contributed by atoms with Gasteiger partial charge in [-0.1, -0.05) is 26.0 Å².